The number of anilines is 1. The highest BCUT2D eigenvalue weighted by atomic mass is 16.5. The van der Waals surface area contributed by atoms with Gasteiger partial charge in [0.1, 0.15) is 0 Å². The molecule has 0 saturated heterocycles. The van der Waals surface area contributed by atoms with Crippen LogP contribution in [0.15, 0.2) is 22.8 Å². The normalized spacial score (nSPS) is 10.1. The van der Waals surface area contributed by atoms with Crippen molar-refractivity contribution in [1.29, 1.82) is 0 Å². The second kappa shape index (κ2) is 4.61. The Morgan fingerprint density at radius 3 is 2.88 bits per heavy atom. The summed E-state index contributed by atoms with van der Waals surface area (Å²) in [6.07, 6.45) is 1.57. The van der Waals surface area contributed by atoms with E-state index >= 15 is 0 Å². The number of nitrogens with one attached hydrogen (secondary N) is 1. The van der Waals surface area contributed by atoms with Crippen LogP contribution in [-0.4, -0.2) is 28.6 Å². The molecule has 2 aromatic heterocycles. The van der Waals surface area contributed by atoms with Gasteiger partial charge in [0.15, 0.2) is 5.76 Å². The number of methoxy groups -OCH3 is 1. The van der Waals surface area contributed by atoms with Crippen LogP contribution in [-0.2, 0) is 0 Å². The van der Waals surface area contributed by atoms with Crippen LogP contribution in [0.4, 0.5) is 5.95 Å². The SMILES string of the molecule is CCNc1nc(OC)nc(-c2ccco2)n1. The highest BCUT2D eigenvalue weighted by Crippen LogP contribution is 2.18. The number of furan rings is 1. The minimum Gasteiger partial charge on any atom is -0.467 e. The Balaban J connectivity index is 2.41. The molecule has 84 valence electrons. The Morgan fingerprint density at radius 1 is 1.38 bits per heavy atom. The van der Waals surface area contributed by atoms with Gasteiger partial charge in [0.05, 0.1) is 13.4 Å². The van der Waals surface area contributed by atoms with Crippen LogP contribution in [0.5, 0.6) is 6.01 Å². The van der Waals surface area contributed by atoms with Gasteiger partial charge in [-0.2, -0.15) is 15.0 Å². The molecule has 0 fully saturated rings. The highest BCUT2D eigenvalue weighted by Gasteiger charge is 2.09. The van der Waals surface area contributed by atoms with Crippen molar-refractivity contribution >= 4 is 5.95 Å². The second-order valence-electron chi connectivity index (χ2n) is 2.98. The molecule has 2 rings (SSSR count). The van der Waals surface area contributed by atoms with Crippen LogP contribution in [0.2, 0.25) is 0 Å². The van der Waals surface area contributed by atoms with Crippen molar-refractivity contribution in [3.8, 4) is 17.6 Å². The first-order valence-electron chi connectivity index (χ1n) is 4.91. The van der Waals surface area contributed by atoms with Gasteiger partial charge in [-0.05, 0) is 19.1 Å². The number of hydrogen-bond donors (Lipinski definition) is 1. The molecule has 0 aliphatic carbocycles. The summed E-state index contributed by atoms with van der Waals surface area (Å²) in [6, 6.07) is 3.82. The van der Waals surface area contributed by atoms with E-state index in [0.717, 1.165) is 6.54 Å². The summed E-state index contributed by atoms with van der Waals surface area (Å²) in [7, 11) is 1.51. The van der Waals surface area contributed by atoms with Gasteiger partial charge in [0.25, 0.3) is 0 Å². The van der Waals surface area contributed by atoms with Crippen molar-refractivity contribution < 1.29 is 9.15 Å². The van der Waals surface area contributed by atoms with E-state index < -0.39 is 0 Å². The summed E-state index contributed by atoms with van der Waals surface area (Å²) in [6.45, 7) is 2.69. The molecule has 0 saturated carbocycles. The van der Waals surface area contributed by atoms with Crippen LogP contribution in [0, 0.1) is 0 Å². The minimum absolute atomic E-state index is 0.261. The Labute approximate surface area is 92.7 Å². The van der Waals surface area contributed by atoms with Gasteiger partial charge < -0.3 is 14.5 Å². The fraction of sp³-hybridized carbons (Fsp3) is 0.300. The van der Waals surface area contributed by atoms with E-state index in [2.05, 4.69) is 20.3 Å². The molecule has 0 spiro atoms. The van der Waals surface area contributed by atoms with Gasteiger partial charge in [0.2, 0.25) is 11.8 Å². The van der Waals surface area contributed by atoms with Gasteiger partial charge in [-0.15, -0.1) is 0 Å². The van der Waals surface area contributed by atoms with Crippen molar-refractivity contribution in [2.24, 2.45) is 0 Å². The first kappa shape index (κ1) is 10.4. The third-order valence-electron chi connectivity index (χ3n) is 1.87. The molecule has 0 aliphatic heterocycles. The number of ether oxygens (including phenoxy) is 1. The lowest BCUT2D eigenvalue weighted by Gasteiger charge is -2.04. The fourth-order valence-corrected chi connectivity index (χ4v) is 1.20. The predicted octanol–water partition coefficient (Wildman–Crippen LogP) is 1.57. The summed E-state index contributed by atoms with van der Waals surface area (Å²) in [5.41, 5.74) is 0. The maximum absolute atomic E-state index is 5.22. The zero-order valence-electron chi connectivity index (χ0n) is 9.10. The zero-order valence-corrected chi connectivity index (χ0v) is 9.10. The quantitative estimate of drug-likeness (QED) is 0.843. The number of hydrogen-bond acceptors (Lipinski definition) is 6. The lowest BCUT2D eigenvalue weighted by Crippen LogP contribution is -2.06. The molecule has 6 heteroatoms. The molecule has 0 unspecified atom stereocenters. The van der Waals surface area contributed by atoms with E-state index in [1.165, 1.54) is 7.11 Å². The molecule has 0 radical (unpaired) electrons. The number of aromatic nitrogens is 3. The summed E-state index contributed by atoms with van der Waals surface area (Å²) < 4.78 is 10.2. The van der Waals surface area contributed by atoms with Crippen molar-refractivity contribution in [1.82, 2.24) is 15.0 Å². The summed E-state index contributed by atoms with van der Waals surface area (Å²) in [5.74, 6) is 1.51. The summed E-state index contributed by atoms with van der Waals surface area (Å²) in [5, 5.41) is 3.00. The topological polar surface area (TPSA) is 73.1 Å². The summed E-state index contributed by atoms with van der Waals surface area (Å²) >= 11 is 0. The number of nitrogens with zero attached hydrogens (tertiary/aromatic N) is 3. The largest absolute Gasteiger partial charge is 0.467 e. The Hall–Kier alpha value is -2.11. The van der Waals surface area contributed by atoms with Gasteiger partial charge in [-0.3, -0.25) is 0 Å². The monoisotopic (exact) mass is 220 g/mol. The van der Waals surface area contributed by atoms with Crippen LogP contribution >= 0.6 is 0 Å². The number of rotatable bonds is 4. The second-order valence-corrected chi connectivity index (χ2v) is 2.98. The minimum atomic E-state index is 0.261. The Morgan fingerprint density at radius 2 is 2.25 bits per heavy atom. The van der Waals surface area contributed by atoms with Gasteiger partial charge in [-0.1, -0.05) is 0 Å². The van der Waals surface area contributed by atoms with Crippen molar-refractivity contribution in [3.63, 3.8) is 0 Å². The molecular formula is C10H12N4O2. The molecule has 16 heavy (non-hydrogen) atoms. The van der Waals surface area contributed by atoms with Crippen LogP contribution in [0.3, 0.4) is 0 Å². The molecule has 2 heterocycles. The molecule has 0 bridgehead atoms. The highest BCUT2D eigenvalue weighted by molar-refractivity contribution is 5.48. The molecule has 0 atom stereocenters. The molecular weight excluding hydrogens is 208 g/mol. The Kier molecular flexibility index (Phi) is 3.00. The smallest absolute Gasteiger partial charge is 0.321 e. The van der Waals surface area contributed by atoms with Gasteiger partial charge in [0, 0.05) is 6.54 Å². The average Bonchev–Trinajstić information content (AvgIpc) is 2.82. The molecule has 0 amide bonds. The third kappa shape index (κ3) is 2.10. The van der Waals surface area contributed by atoms with E-state index in [0.29, 0.717) is 17.5 Å². The van der Waals surface area contributed by atoms with Gasteiger partial charge in [-0.25, -0.2) is 0 Å². The summed E-state index contributed by atoms with van der Waals surface area (Å²) in [4.78, 5) is 12.4. The van der Waals surface area contributed by atoms with Crippen LogP contribution in [0.1, 0.15) is 6.92 Å². The predicted molar refractivity (Wildman–Crippen MR) is 58.2 cm³/mol. The van der Waals surface area contributed by atoms with Gasteiger partial charge >= 0.3 is 6.01 Å². The first-order valence-corrected chi connectivity index (χ1v) is 4.91. The van der Waals surface area contributed by atoms with Crippen molar-refractivity contribution in [3.05, 3.63) is 18.4 Å². The standard InChI is InChI=1S/C10H12N4O2/c1-3-11-9-12-8(7-5-4-6-16-7)13-10(14-9)15-2/h4-6H,3H2,1-2H3,(H,11,12,13,14). The molecule has 6 nitrogen and oxygen atoms in total. The van der Waals surface area contributed by atoms with Crippen LogP contribution < -0.4 is 10.1 Å². The molecule has 0 aliphatic rings. The average molecular weight is 220 g/mol. The maximum Gasteiger partial charge on any atom is 0.321 e. The van der Waals surface area contributed by atoms with E-state index in [1.807, 2.05) is 6.92 Å². The van der Waals surface area contributed by atoms with E-state index in [-0.39, 0.29) is 6.01 Å². The van der Waals surface area contributed by atoms with E-state index in [9.17, 15) is 0 Å². The third-order valence-corrected chi connectivity index (χ3v) is 1.87. The van der Waals surface area contributed by atoms with E-state index in [1.54, 1.807) is 18.4 Å². The molecule has 1 N–H and O–H groups in total. The molecule has 0 aromatic carbocycles. The lowest BCUT2D eigenvalue weighted by atomic mass is 10.4. The first-order chi connectivity index (χ1) is 7.83. The Bertz CT molecular complexity index is 456. The lowest BCUT2D eigenvalue weighted by molar-refractivity contribution is 0.379. The van der Waals surface area contributed by atoms with Crippen molar-refractivity contribution in [2.45, 2.75) is 6.92 Å². The van der Waals surface area contributed by atoms with E-state index in [4.69, 9.17) is 9.15 Å². The fourth-order valence-electron chi connectivity index (χ4n) is 1.20. The molecule has 2 aromatic rings. The van der Waals surface area contributed by atoms with Crippen LogP contribution in [0.25, 0.3) is 11.6 Å². The maximum atomic E-state index is 5.22. The van der Waals surface area contributed by atoms with Crippen molar-refractivity contribution in [2.75, 3.05) is 19.0 Å². The zero-order chi connectivity index (χ0) is 11.4.